The van der Waals surface area contributed by atoms with Crippen LogP contribution in [0, 0.1) is 0 Å². The molecule has 31 heavy (non-hydrogen) atoms. The molecule has 0 saturated heterocycles. The highest BCUT2D eigenvalue weighted by atomic mass is 14.5. The Labute approximate surface area is 186 Å². The lowest BCUT2D eigenvalue weighted by Crippen LogP contribution is -1.97. The Bertz CT molecular complexity index is 1060. The quantitative estimate of drug-likeness (QED) is 0.155. The Morgan fingerprint density at radius 1 is 0.484 bits per heavy atom. The van der Waals surface area contributed by atoms with Crippen LogP contribution in [-0.2, 0) is 0 Å². The van der Waals surface area contributed by atoms with E-state index in [1.165, 1.54) is 94.5 Å². The molecule has 5 aromatic rings. The molecular formula is C30H35N. The lowest BCUT2D eigenvalue weighted by Gasteiger charge is -2.13. The van der Waals surface area contributed by atoms with E-state index in [-0.39, 0.29) is 0 Å². The van der Waals surface area contributed by atoms with Crippen molar-refractivity contribution < 1.29 is 0 Å². The van der Waals surface area contributed by atoms with E-state index in [4.69, 9.17) is 5.73 Å². The summed E-state index contributed by atoms with van der Waals surface area (Å²) in [5, 5.41) is 10.9. The monoisotopic (exact) mass is 409 g/mol. The topological polar surface area (TPSA) is 26.0 Å². The van der Waals surface area contributed by atoms with E-state index in [1.54, 1.807) is 0 Å². The first-order valence-electron chi connectivity index (χ1n) is 12.1. The molecule has 1 nitrogen and oxygen atoms in total. The van der Waals surface area contributed by atoms with Crippen LogP contribution in [0.25, 0.3) is 43.1 Å². The van der Waals surface area contributed by atoms with Gasteiger partial charge in [-0.15, -0.1) is 0 Å². The van der Waals surface area contributed by atoms with Crippen LogP contribution < -0.4 is 5.73 Å². The zero-order valence-electron chi connectivity index (χ0n) is 18.9. The van der Waals surface area contributed by atoms with Crippen molar-refractivity contribution in [3.05, 3.63) is 72.8 Å². The fraction of sp³-hybridized carbons (Fsp3) is 0.333. The summed E-state index contributed by atoms with van der Waals surface area (Å²) in [5.41, 5.74) is 5.39. The summed E-state index contributed by atoms with van der Waals surface area (Å²) in [4.78, 5) is 0. The molecule has 5 aromatic carbocycles. The molecule has 0 unspecified atom stereocenters. The van der Waals surface area contributed by atoms with Crippen molar-refractivity contribution >= 4 is 43.1 Å². The second kappa shape index (κ2) is 10.6. The minimum atomic E-state index is 0.870. The predicted octanol–water partition coefficient (Wildman–Crippen LogP) is 8.82. The smallest absolute Gasteiger partial charge is 0.00264 e. The van der Waals surface area contributed by atoms with Gasteiger partial charge in [0.15, 0.2) is 0 Å². The molecule has 2 N–H and O–H groups in total. The van der Waals surface area contributed by atoms with Crippen LogP contribution in [0.4, 0.5) is 0 Å². The minimum Gasteiger partial charge on any atom is -0.330 e. The fourth-order valence-electron chi connectivity index (χ4n) is 4.86. The molecule has 0 atom stereocenters. The molecule has 0 aliphatic rings. The second-order valence-corrected chi connectivity index (χ2v) is 8.68. The number of hydrogen-bond donors (Lipinski definition) is 1. The minimum absolute atomic E-state index is 0.870. The van der Waals surface area contributed by atoms with E-state index < -0.39 is 0 Å². The number of hydrogen-bond acceptors (Lipinski definition) is 1. The lowest BCUT2D eigenvalue weighted by atomic mass is 9.90. The molecule has 0 aliphatic heterocycles. The van der Waals surface area contributed by atoms with Gasteiger partial charge in [-0.25, -0.2) is 0 Å². The van der Waals surface area contributed by atoms with Crippen molar-refractivity contribution in [3.63, 3.8) is 0 Å². The summed E-state index contributed by atoms with van der Waals surface area (Å²) < 4.78 is 0. The number of rotatable bonds is 8. The van der Waals surface area contributed by atoms with E-state index in [0.717, 1.165) is 6.54 Å². The third kappa shape index (κ3) is 4.67. The average Bonchev–Trinajstić information content (AvgIpc) is 2.82. The third-order valence-electron chi connectivity index (χ3n) is 6.45. The van der Waals surface area contributed by atoms with E-state index in [9.17, 15) is 0 Å². The van der Waals surface area contributed by atoms with Gasteiger partial charge in [-0.1, -0.05) is 125 Å². The first-order chi connectivity index (χ1) is 15.3. The first kappa shape index (κ1) is 21.6. The van der Waals surface area contributed by atoms with Crippen LogP contribution in [0.5, 0.6) is 0 Å². The number of nitrogens with two attached hydrogens (primary N) is 1. The molecule has 0 radical (unpaired) electrons. The molecule has 0 fully saturated rings. The molecule has 0 amide bonds. The van der Waals surface area contributed by atoms with Crippen LogP contribution in [0.2, 0.25) is 0 Å². The lowest BCUT2D eigenvalue weighted by molar-refractivity contribution is 0.578. The van der Waals surface area contributed by atoms with E-state index in [1.807, 2.05) is 0 Å². The molecule has 0 heterocycles. The van der Waals surface area contributed by atoms with Crippen molar-refractivity contribution in [3.8, 4) is 0 Å². The van der Waals surface area contributed by atoms with Crippen molar-refractivity contribution in [1.82, 2.24) is 0 Å². The second-order valence-electron chi connectivity index (χ2n) is 8.68. The van der Waals surface area contributed by atoms with Gasteiger partial charge in [0.2, 0.25) is 0 Å². The van der Waals surface area contributed by atoms with Gasteiger partial charge < -0.3 is 5.73 Å². The molecular weight excluding hydrogens is 374 g/mol. The molecule has 160 valence electrons. The van der Waals surface area contributed by atoms with Gasteiger partial charge >= 0.3 is 0 Å². The average molecular weight is 410 g/mol. The number of unbranched alkanes of at least 4 members (excludes halogenated alkanes) is 7. The Hall–Kier alpha value is -2.64. The maximum Gasteiger partial charge on any atom is -0.00264 e. The van der Waals surface area contributed by atoms with Crippen LogP contribution in [0.3, 0.4) is 0 Å². The highest BCUT2D eigenvalue weighted by Gasteiger charge is 2.11. The van der Waals surface area contributed by atoms with Gasteiger partial charge in [0, 0.05) is 0 Å². The SMILES string of the molecule is CCCCCCCCCCN.c1cc2cccc3c4cccc5cccc(c(c1)c23)c54. The number of benzene rings is 5. The Kier molecular flexibility index (Phi) is 7.38. The highest BCUT2D eigenvalue weighted by Crippen LogP contribution is 2.39. The van der Waals surface area contributed by atoms with Crippen molar-refractivity contribution in [2.24, 2.45) is 5.73 Å². The van der Waals surface area contributed by atoms with E-state index >= 15 is 0 Å². The van der Waals surface area contributed by atoms with Crippen LogP contribution >= 0.6 is 0 Å². The van der Waals surface area contributed by atoms with Gasteiger partial charge in [0.05, 0.1) is 0 Å². The summed E-state index contributed by atoms with van der Waals surface area (Å²) in [7, 11) is 0. The Balaban J connectivity index is 0.000000182. The maximum atomic E-state index is 5.39. The Morgan fingerprint density at radius 2 is 0.839 bits per heavy atom. The largest absolute Gasteiger partial charge is 0.330 e. The maximum absolute atomic E-state index is 5.39. The van der Waals surface area contributed by atoms with Crippen molar-refractivity contribution in [2.75, 3.05) is 6.54 Å². The summed E-state index contributed by atoms with van der Waals surface area (Å²) in [6, 6.07) is 26.4. The van der Waals surface area contributed by atoms with Gasteiger partial charge in [-0.2, -0.15) is 0 Å². The summed E-state index contributed by atoms with van der Waals surface area (Å²) in [6.45, 7) is 3.13. The summed E-state index contributed by atoms with van der Waals surface area (Å²) >= 11 is 0. The number of fused-ring (bicyclic) bond motifs is 2. The molecule has 0 spiro atoms. The summed E-state index contributed by atoms with van der Waals surface area (Å²) in [5.74, 6) is 0. The van der Waals surface area contributed by atoms with Gasteiger partial charge in [-0.05, 0) is 56.1 Å². The normalized spacial score (nSPS) is 11.4. The molecule has 0 bridgehead atoms. The molecule has 5 rings (SSSR count). The molecule has 0 saturated carbocycles. The zero-order chi connectivity index (χ0) is 21.5. The van der Waals surface area contributed by atoms with Crippen LogP contribution in [0.1, 0.15) is 58.3 Å². The molecule has 1 heteroatoms. The van der Waals surface area contributed by atoms with Gasteiger partial charge in [-0.3, -0.25) is 0 Å². The Morgan fingerprint density at radius 3 is 1.19 bits per heavy atom. The zero-order valence-corrected chi connectivity index (χ0v) is 18.9. The summed E-state index contributed by atoms with van der Waals surface area (Å²) in [6.07, 6.45) is 11.0. The van der Waals surface area contributed by atoms with E-state index in [2.05, 4.69) is 79.7 Å². The predicted molar refractivity (Wildman–Crippen MR) is 139 cm³/mol. The standard InChI is InChI=1S/C20H12.C10H23N/c1-5-13-6-2-11-17-18-12-4-8-14-7-3-10-16(20(14)18)15(9-1)19(13)17;1-2-3-4-5-6-7-8-9-10-11/h1-12H;2-11H2,1H3. The first-order valence-corrected chi connectivity index (χ1v) is 12.1. The van der Waals surface area contributed by atoms with Crippen molar-refractivity contribution in [1.29, 1.82) is 0 Å². The van der Waals surface area contributed by atoms with Gasteiger partial charge in [0.1, 0.15) is 0 Å². The fourth-order valence-corrected chi connectivity index (χ4v) is 4.86. The van der Waals surface area contributed by atoms with Crippen LogP contribution in [0.15, 0.2) is 72.8 Å². The third-order valence-corrected chi connectivity index (χ3v) is 6.45. The van der Waals surface area contributed by atoms with Gasteiger partial charge in [0.25, 0.3) is 0 Å². The van der Waals surface area contributed by atoms with E-state index in [0.29, 0.717) is 0 Å². The molecule has 0 aliphatic carbocycles. The van der Waals surface area contributed by atoms with Crippen molar-refractivity contribution in [2.45, 2.75) is 58.3 Å². The van der Waals surface area contributed by atoms with Crippen LogP contribution in [-0.4, -0.2) is 6.54 Å². The molecule has 0 aromatic heterocycles. The highest BCUT2D eigenvalue weighted by molar-refractivity contribution is 6.32.